The first-order chi connectivity index (χ1) is 8.58. The molecule has 7 heteroatoms. The molecule has 3 N–H and O–H groups in total. The molecular weight excluding hydrogens is 234 g/mol. The van der Waals surface area contributed by atoms with Crippen LogP contribution in [0.4, 0.5) is 0 Å². The van der Waals surface area contributed by atoms with Crippen LogP contribution in [0.1, 0.15) is 11.3 Å². The molecule has 0 saturated carbocycles. The van der Waals surface area contributed by atoms with Gasteiger partial charge in [0.1, 0.15) is 6.61 Å². The lowest BCUT2D eigenvalue weighted by atomic mass is 10.2. The fourth-order valence-electron chi connectivity index (χ4n) is 1.70. The third-order valence-electron chi connectivity index (χ3n) is 2.51. The number of fused-ring (bicyclic) bond motifs is 1. The molecule has 0 fully saturated rings. The van der Waals surface area contributed by atoms with E-state index in [1.54, 1.807) is 10.9 Å². The van der Waals surface area contributed by atoms with E-state index in [4.69, 9.17) is 10.6 Å². The van der Waals surface area contributed by atoms with E-state index in [9.17, 15) is 4.79 Å². The maximum atomic E-state index is 10.5. The second kappa shape index (κ2) is 5.11. The summed E-state index contributed by atoms with van der Waals surface area (Å²) in [5.74, 6) is -0.515. The minimum absolute atomic E-state index is 0.151. The van der Waals surface area contributed by atoms with Crippen LogP contribution in [-0.4, -0.2) is 27.3 Å². The van der Waals surface area contributed by atoms with Crippen molar-refractivity contribution in [1.29, 1.82) is 0 Å². The van der Waals surface area contributed by atoms with Crippen LogP contribution in [0.25, 0.3) is 11.0 Å². The summed E-state index contributed by atoms with van der Waals surface area (Å²) in [4.78, 5) is 19.7. The molecule has 2 heterocycles. The van der Waals surface area contributed by atoms with E-state index in [-0.39, 0.29) is 6.61 Å². The number of nitrogens with one attached hydrogen (secondary N) is 1. The molecule has 2 rings (SSSR count). The second-order valence-electron chi connectivity index (χ2n) is 4.00. The summed E-state index contributed by atoms with van der Waals surface area (Å²) in [7, 11) is 1.86. The van der Waals surface area contributed by atoms with Crippen molar-refractivity contribution in [2.24, 2.45) is 12.8 Å². The molecule has 0 bridgehead atoms. The molecule has 18 heavy (non-hydrogen) atoms. The van der Waals surface area contributed by atoms with Crippen LogP contribution in [0.2, 0.25) is 0 Å². The van der Waals surface area contributed by atoms with Gasteiger partial charge in [0, 0.05) is 25.2 Å². The lowest BCUT2D eigenvalue weighted by Crippen LogP contribution is -2.24. The summed E-state index contributed by atoms with van der Waals surface area (Å²) in [6, 6.07) is 1.99. The van der Waals surface area contributed by atoms with Crippen LogP contribution in [0.5, 0.6) is 0 Å². The van der Waals surface area contributed by atoms with E-state index in [0.29, 0.717) is 6.54 Å². The standard InChI is InChI=1S/C11H15N5O2/c1-7-9-3-8(5-14-18-6-10(12)17)4-13-11(9)16(2)15-7/h3-4,14H,5-6H2,1-2H3,(H2,12,17). The molecule has 0 aliphatic carbocycles. The predicted molar refractivity (Wildman–Crippen MR) is 65.2 cm³/mol. The zero-order valence-electron chi connectivity index (χ0n) is 10.3. The van der Waals surface area contributed by atoms with Gasteiger partial charge < -0.3 is 5.73 Å². The number of amides is 1. The number of pyridine rings is 1. The molecule has 0 aromatic carbocycles. The second-order valence-corrected chi connectivity index (χ2v) is 4.00. The number of aromatic nitrogens is 3. The highest BCUT2D eigenvalue weighted by Gasteiger charge is 2.06. The number of aryl methyl sites for hydroxylation is 2. The molecule has 0 saturated heterocycles. The zero-order valence-corrected chi connectivity index (χ0v) is 10.3. The van der Waals surface area contributed by atoms with E-state index < -0.39 is 5.91 Å². The van der Waals surface area contributed by atoms with Gasteiger partial charge in [0.25, 0.3) is 0 Å². The Hall–Kier alpha value is -1.99. The topological polar surface area (TPSA) is 95.1 Å². The Morgan fingerprint density at radius 2 is 2.39 bits per heavy atom. The van der Waals surface area contributed by atoms with Crippen LogP contribution in [0.3, 0.4) is 0 Å². The number of hydrogen-bond donors (Lipinski definition) is 2. The fourth-order valence-corrected chi connectivity index (χ4v) is 1.70. The third-order valence-corrected chi connectivity index (χ3v) is 2.51. The lowest BCUT2D eigenvalue weighted by molar-refractivity contribution is -0.125. The minimum Gasteiger partial charge on any atom is -0.368 e. The van der Waals surface area contributed by atoms with E-state index in [0.717, 1.165) is 22.3 Å². The first-order valence-corrected chi connectivity index (χ1v) is 5.49. The van der Waals surface area contributed by atoms with Crippen LogP contribution < -0.4 is 11.2 Å². The Labute approximate surface area is 104 Å². The van der Waals surface area contributed by atoms with Gasteiger partial charge in [0.05, 0.1) is 5.69 Å². The highest BCUT2D eigenvalue weighted by atomic mass is 16.6. The number of rotatable bonds is 5. The van der Waals surface area contributed by atoms with Crippen LogP contribution in [-0.2, 0) is 23.2 Å². The predicted octanol–water partition coefficient (Wildman–Crippen LogP) is -0.217. The quantitative estimate of drug-likeness (QED) is 0.564. The number of carbonyl (C=O) groups excluding carboxylic acids is 1. The molecule has 0 atom stereocenters. The van der Waals surface area contributed by atoms with Crippen LogP contribution in [0, 0.1) is 6.92 Å². The summed E-state index contributed by atoms with van der Waals surface area (Å²) >= 11 is 0. The van der Waals surface area contributed by atoms with Crippen LogP contribution >= 0.6 is 0 Å². The number of hydroxylamine groups is 1. The van der Waals surface area contributed by atoms with Gasteiger partial charge in [-0.3, -0.25) is 14.3 Å². The molecule has 0 aliphatic rings. The van der Waals surface area contributed by atoms with Gasteiger partial charge in [-0.1, -0.05) is 0 Å². The van der Waals surface area contributed by atoms with Crippen molar-refractivity contribution in [1.82, 2.24) is 20.2 Å². The van der Waals surface area contributed by atoms with Gasteiger partial charge in [-0.15, -0.1) is 0 Å². The van der Waals surface area contributed by atoms with Gasteiger partial charge in [-0.2, -0.15) is 10.6 Å². The first kappa shape index (κ1) is 12.5. The number of nitrogens with zero attached hydrogens (tertiary/aromatic N) is 3. The fraction of sp³-hybridized carbons (Fsp3) is 0.364. The Balaban J connectivity index is 2.06. The van der Waals surface area contributed by atoms with Crippen LogP contribution in [0.15, 0.2) is 12.3 Å². The summed E-state index contributed by atoms with van der Waals surface area (Å²) < 4.78 is 1.74. The van der Waals surface area contributed by atoms with E-state index in [1.807, 2.05) is 20.0 Å². The summed E-state index contributed by atoms with van der Waals surface area (Å²) in [5, 5.41) is 5.30. The van der Waals surface area contributed by atoms with Crippen molar-refractivity contribution in [3.8, 4) is 0 Å². The Morgan fingerprint density at radius 3 is 3.11 bits per heavy atom. The average Bonchev–Trinajstić information content (AvgIpc) is 2.60. The number of primary amides is 1. The lowest BCUT2D eigenvalue weighted by Gasteiger charge is -2.04. The van der Waals surface area contributed by atoms with E-state index in [1.165, 1.54) is 0 Å². The summed E-state index contributed by atoms with van der Waals surface area (Å²) in [6.07, 6.45) is 1.74. The molecule has 7 nitrogen and oxygen atoms in total. The Bertz CT molecular complexity index is 578. The minimum atomic E-state index is -0.515. The smallest absolute Gasteiger partial charge is 0.245 e. The Kier molecular flexibility index (Phi) is 3.54. The van der Waals surface area contributed by atoms with Crippen molar-refractivity contribution in [2.45, 2.75) is 13.5 Å². The molecule has 1 amide bonds. The van der Waals surface area contributed by atoms with Crippen molar-refractivity contribution < 1.29 is 9.63 Å². The maximum Gasteiger partial charge on any atom is 0.245 e. The SMILES string of the molecule is Cc1nn(C)c2ncc(CNOCC(N)=O)cc12. The number of carbonyl (C=O) groups is 1. The Morgan fingerprint density at radius 1 is 1.61 bits per heavy atom. The van der Waals surface area contributed by atoms with Gasteiger partial charge in [-0.05, 0) is 18.6 Å². The molecule has 0 spiro atoms. The van der Waals surface area contributed by atoms with Gasteiger partial charge in [0.2, 0.25) is 5.91 Å². The molecular formula is C11H15N5O2. The molecule has 0 radical (unpaired) electrons. The van der Waals surface area contributed by atoms with Gasteiger partial charge in [-0.25, -0.2) is 4.98 Å². The molecule has 0 unspecified atom stereocenters. The van der Waals surface area contributed by atoms with E-state index in [2.05, 4.69) is 15.6 Å². The third kappa shape index (κ3) is 2.63. The monoisotopic (exact) mass is 249 g/mol. The van der Waals surface area contributed by atoms with Gasteiger partial charge >= 0.3 is 0 Å². The van der Waals surface area contributed by atoms with Gasteiger partial charge in [0.15, 0.2) is 5.65 Å². The van der Waals surface area contributed by atoms with Crippen molar-refractivity contribution in [2.75, 3.05) is 6.61 Å². The molecule has 2 aromatic rings. The van der Waals surface area contributed by atoms with Crippen molar-refractivity contribution in [3.05, 3.63) is 23.5 Å². The molecule has 2 aromatic heterocycles. The number of hydrogen-bond acceptors (Lipinski definition) is 5. The highest BCUT2D eigenvalue weighted by Crippen LogP contribution is 2.16. The maximum absolute atomic E-state index is 10.5. The molecule has 96 valence electrons. The zero-order chi connectivity index (χ0) is 13.1. The summed E-state index contributed by atoms with van der Waals surface area (Å²) in [6.45, 7) is 2.23. The van der Waals surface area contributed by atoms with E-state index >= 15 is 0 Å². The summed E-state index contributed by atoms with van der Waals surface area (Å²) in [5.41, 5.74) is 10.3. The molecule has 0 aliphatic heterocycles. The number of nitrogens with two attached hydrogens (primary N) is 1. The largest absolute Gasteiger partial charge is 0.368 e. The first-order valence-electron chi connectivity index (χ1n) is 5.49. The highest BCUT2D eigenvalue weighted by molar-refractivity contribution is 5.78. The van der Waals surface area contributed by atoms with Crippen molar-refractivity contribution >= 4 is 16.9 Å². The normalized spacial score (nSPS) is 11.0. The van der Waals surface area contributed by atoms with Crippen molar-refractivity contribution in [3.63, 3.8) is 0 Å². The average molecular weight is 249 g/mol.